The van der Waals surface area contributed by atoms with Gasteiger partial charge >= 0.3 is 22.0 Å². The summed E-state index contributed by atoms with van der Waals surface area (Å²) in [6.07, 6.45) is -5.87. The molecular formula is C8H16F6O3SSi. The van der Waals surface area contributed by atoms with Crippen LogP contribution in [0.25, 0.3) is 0 Å². The lowest BCUT2D eigenvalue weighted by atomic mass is 10.2. The largest absolute Gasteiger partial charge is 0.537 e. The van der Waals surface area contributed by atoms with Crippen molar-refractivity contribution < 1.29 is 38.9 Å². The van der Waals surface area contributed by atoms with Crippen molar-refractivity contribution in [2.45, 2.75) is 50.8 Å². The first-order valence-corrected chi connectivity index (χ1v) is 9.28. The second-order valence-electron chi connectivity index (χ2n) is 4.95. The Balaban J connectivity index is 0. The van der Waals surface area contributed by atoms with Gasteiger partial charge in [-0.15, -0.1) is 13.2 Å². The summed E-state index contributed by atoms with van der Waals surface area (Å²) in [4.78, 5) is 0. The van der Waals surface area contributed by atoms with E-state index in [4.69, 9.17) is 0 Å². The molecule has 3 nitrogen and oxygen atoms in total. The Morgan fingerprint density at radius 2 is 1.16 bits per heavy atom. The Bertz CT molecular complexity index is 365. The standard InChI is InChI=1S/C6H16Si.C2F6O3S/c1-6(2,3)7(4)5;3-1(4,5)11-12(9,10)2(6,7)8/h7H,1-5H3;. The molecule has 0 aliphatic rings. The van der Waals surface area contributed by atoms with Crippen LogP contribution >= 0.6 is 0 Å². The van der Waals surface area contributed by atoms with E-state index in [2.05, 4.69) is 33.9 Å². The van der Waals surface area contributed by atoms with Gasteiger partial charge in [0, 0.05) is 8.80 Å². The normalized spacial score (nSPS) is 14.1. The van der Waals surface area contributed by atoms with Crippen LogP contribution in [0.5, 0.6) is 0 Å². The van der Waals surface area contributed by atoms with Crippen LogP contribution < -0.4 is 0 Å². The van der Waals surface area contributed by atoms with E-state index < -0.39 is 22.0 Å². The van der Waals surface area contributed by atoms with Crippen LogP contribution in [-0.2, 0) is 14.3 Å². The molecule has 0 atom stereocenters. The first kappa shape index (κ1) is 21.0. The van der Waals surface area contributed by atoms with Crippen molar-refractivity contribution >= 4 is 18.9 Å². The minimum absolute atomic E-state index is 0.359. The van der Waals surface area contributed by atoms with Crippen molar-refractivity contribution in [3.8, 4) is 0 Å². The highest BCUT2D eigenvalue weighted by molar-refractivity contribution is 7.87. The van der Waals surface area contributed by atoms with Gasteiger partial charge in [-0.05, 0) is 5.04 Å². The molecule has 11 heteroatoms. The number of rotatable bonds is 1. The van der Waals surface area contributed by atoms with Crippen molar-refractivity contribution in [1.29, 1.82) is 0 Å². The van der Waals surface area contributed by atoms with Crippen LogP contribution in [-0.4, -0.2) is 29.1 Å². The van der Waals surface area contributed by atoms with E-state index >= 15 is 0 Å². The van der Waals surface area contributed by atoms with Crippen LogP contribution in [0, 0.1) is 0 Å². The Labute approximate surface area is 109 Å². The van der Waals surface area contributed by atoms with E-state index in [0.29, 0.717) is 5.04 Å². The molecule has 0 fully saturated rings. The zero-order valence-corrected chi connectivity index (χ0v) is 12.9. The van der Waals surface area contributed by atoms with E-state index in [1.54, 1.807) is 0 Å². The van der Waals surface area contributed by atoms with Gasteiger partial charge in [-0.25, -0.2) is 0 Å². The molecule has 0 unspecified atom stereocenters. The molecule has 0 rings (SSSR count). The van der Waals surface area contributed by atoms with Crippen LogP contribution in [0.15, 0.2) is 0 Å². The molecule has 0 heterocycles. The van der Waals surface area contributed by atoms with Gasteiger partial charge in [0.1, 0.15) is 0 Å². The molecule has 0 aliphatic heterocycles. The summed E-state index contributed by atoms with van der Waals surface area (Å²) >= 11 is 0. The molecule has 0 aromatic rings. The molecule has 0 amide bonds. The lowest BCUT2D eigenvalue weighted by Crippen LogP contribution is -2.31. The van der Waals surface area contributed by atoms with Crippen LogP contribution in [0.2, 0.25) is 18.1 Å². The predicted octanol–water partition coefficient (Wildman–Crippen LogP) is 3.65. The van der Waals surface area contributed by atoms with E-state index in [-0.39, 0.29) is 8.80 Å². The monoisotopic (exact) mass is 334 g/mol. The third-order valence-corrected chi connectivity index (χ3v) is 6.66. The van der Waals surface area contributed by atoms with Gasteiger partial charge in [-0.1, -0.05) is 33.9 Å². The molecule has 0 saturated heterocycles. The van der Waals surface area contributed by atoms with Gasteiger partial charge < -0.3 is 0 Å². The second-order valence-corrected chi connectivity index (χ2v) is 10.5. The van der Waals surface area contributed by atoms with Gasteiger partial charge in [0.05, 0.1) is 0 Å². The molecule has 0 bridgehead atoms. The fraction of sp³-hybridized carbons (Fsp3) is 1.00. The fourth-order valence-electron chi connectivity index (χ4n) is 0.172. The van der Waals surface area contributed by atoms with Crippen LogP contribution in [0.3, 0.4) is 0 Å². The summed E-state index contributed by atoms with van der Waals surface area (Å²) in [6.45, 7) is 11.7. The quantitative estimate of drug-likeness (QED) is 0.318. The molecule has 0 saturated carbocycles. The number of halogens is 6. The highest BCUT2D eigenvalue weighted by Gasteiger charge is 2.53. The minimum Gasteiger partial charge on any atom is -0.189 e. The van der Waals surface area contributed by atoms with E-state index in [9.17, 15) is 34.8 Å². The SMILES string of the molecule is C[SiH](C)C(C)(C)C.O=S(=O)(OC(F)(F)F)C(F)(F)F. The first-order valence-electron chi connectivity index (χ1n) is 4.99. The Morgan fingerprint density at radius 1 is 0.895 bits per heavy atom. The Hall–Kier alpha value is -0.293. The zero-order valence-electron chi connectivity index (χ0n) is 11.0. The highest BCUT2D eigenvalue weighted by Crippen LogP contribution is 2.30. The van der Waals surface area contributed by atoms with Crippen LogP contribution in [0.4, 0.5) is 26.3 Å². The van der Waals surface area contributed by atoms with Crippen molar-refractivity contribution in [1.82, 2.24) is 0 Å². The summed E-state index contributed by atoms with van der Waals surface area (Å²) < 4.78 is 87.4. The first-order chi connectivity index (χ1) is 7.90. The van der Waals surface area contributed by atoms with Gasteiger partial charge in [-0.2, -0.15) is 25.8 Å². The molecule has 0 aromatic carbocycles. The topological polar surface area (TPSA) is 43.4 Å². The van der Waals surface area contributed by atoms with E-state index in [1.807, 2.05) is 4.18 Å². The van der Waals surface area contributed by atoms with Crippen LogP contribution in [0.1, 0.15) is 20.8 Å². The average Bonchev–Trinajstić information content (AvgIpc) is 1.95. The Kier molecular flexibility index (Phi) is 7.12. The van der Waals surface area contributed by atoms with Crippen molar-refractivity contribution in [2.24, 2.45) is 0 Å². The molecule has 0 aliphatic carbocycles. The third-order valence-electron chi connectivity index (χ3n) is 2.22. The predicted molar refractivity (Wildman–Crippen MR) is 60.7 cm³/mol. The number of alkyl halides is 6. The molecule has 0 spiro atoms. The highest BCUT2D eigenvalue weighted by atomic mass is 32.2. The van der Waals surface area contributed by atoms with E-state index in [0.717, 1.165) is 0 Å². The third kappa shape index (κ3) is 10.2. The molecule has 19 heavy (non-hydrogen) atoms. The smallest absolute Gasteiger partial charge is 0.189 e. The van der Waals surface area contributed by atoms with Crippen molar-refractivity contribution in [3.05, 3.63) is 0 Å². The second kappa shape index (κ2) is 6.44. The lowest BCUT2D eigenvalue weighted by Gasteiger charge is -2.21. The van der Waals surface area contributed by atoms with Gasteiger partial charge in [0.25, 0.3) is 0 Å². The van der Waals surface area contributed by atoms with E-state index in [1.165, 1.54) is 0 Å². The number of hydrogen-bond acceptors (Lipinski definition) is 3. The van der Waals surface area contributed by atoms with Gasteiger partial charge in [0.2, 0.25) is 0 Å². The molecule has 118 valence electrons. The van der Waals surface area contributed by atoms with Crippen molar-refractivity contribution in [3.63, 3.8) is 0 Å². The van der Waals surface area contributed by atoms with Gasteiger partial charge in [-0.3, -0.25) is 0 Å². The zero-order chi connectivity index (χ0) is 16.3. The maximum absolute atomic E-state index is 11.2. The summed E-state index contributed by atoms with van der Waals surface area (Å²) in [5.74, 6) is 0. The molecule has 0 radical (unpaired) electrons. The summed E-state index contributed by atoms with van der Waals surface area (Å²) in [7, 11) is -6.94. The minimum atomic E-state index is -6.58. The maximum atomic E-state index is 11.2. The summed E-state index contributed by atoms with van der Waals surface area (Å²) in [5, 5.41) is 0.639. The summed E-state index contributed by atoms with van der Waals surface area (Å²) in [6, 6.07) is 0. The number of hydrogen-bond donors (Lipinski definition) is 0. The Morgan fingerprint density at radius 3 is 1.21 bits per heavy atom. The molecule has 0 aromatic heterocycles. The maximum Gasteiger partial charge on any atom is 0.537 e. The average molecular weight is 334 g/mol. The summed E-state index contributed by atoms with van der Waals surface area (Å²) in [5.41, 5.74) is -6.07. The fourth-order valence-corrected chi connectivity index (χ4v) is 0.515. The molecule has 0 N–H and O–H groups in total. The molecular weight excluding hydrogens is 318 g/mol. The van der Waals surface area contributed by atoms with Crippen molar-refractivity contribution in [2.75, 3.05) is 0 Å². The lowest BCUT2D eigenvalue weighted by molar-refractivity contribution is -0.277. The van der Waals surface area contributed by atoms with Gasteiger partial charge in [0.15, 0.2) is 0 Å².